The van der Waals surface area contributed by atoms with Gasteiger partial charge in [-0.05, 0) is 27.6 Å². The molecule has 0 atom stereocenters. The summed E-state index contributed by atoms with van der Waals surface area (Å²) >= 11 is 3.19. The van der Waals surface area contributed by atoms with Crippen LogP contribution >= 0.6 is 15.9 Å². The summed E-state index contributed by atoms with van der Waals surface area (Å²) in [6.07, 6.45) is 1.77. The number of hydrogen-bond donors (Lipinski definition) is 1. The van der Waals surface area contributed by atoms with E-state index in [-0.39, 0.29) is 5.82 Å². The van der Waals surface area contributed by atoms with Crippen LogP contribution in [0.3, 0.4) is 0 Å². The summed E-state index contributed by atoms with van der Waals surface area (Å²) in [4.78, 5) is 0. The van der Waals surface area contributed by atoms with E-state index in [2.05, 4.69) is 27.8 Å². The Morgan fingerprint density at radius 2 is 2.31 bits per heavy atom. The number of nitrogens with one attached hydrogen (secondary N) is 1. The van der Waals surface area contributed by atoms with E-state index in [4.69, 9.17) is 0 Å². The summed E-state index contributed by atoms with van der Waals surface area (Å²) in [5.41, 5.74) is 0.918. The van der Waals surface area contributed by atoms with Gasteiger partial charge in [-0.15, -0.1) is 6.58 Å². The molecule has 0 aliphatic carbocycles. The maximum atomic E-state index is 13.0. The molecule has 3 heteroatoms. The lowest BCUT2D eigenvalue weighted by molar-refractivity contribution is 0.615. The minimum absolute atomic E-state index is 0.224. The SMILES string of the molecule is C=CCNCc1cccc(F)c1Br. The fraction of sp³-hybridized carbons (Fsp3) is 0.200. The summed E-state index contributed by atoms with van der Waals surface area (Å²) < 4.78 is 13.5. The minimum Gasteiger partial charge on any atom is -0.309 e. The van der Waals surface area contributed by atoms with Crippen molar-refractivity contribution in [1.82, 2.24) is 5.32 Å². The summed E-state index contributed by atoms with van der Waals surface area (Å²) in [5, 5.41) is 3.10. The van der Waals surface area contributed by atoms with Gasteiger partial charge in [0.25, 0.3) is 0 Å². The molecule has 0 aromatic heterocycles. The highest BCUT2D eigenvalue weighted by molar-refractivity contribution is 9.10. The Kier molecular flexibility index (Phi) is 4.12. The van der Waals surface area contributed by atoms with E-state index in [1.807, 2.05) is 6.07 Å². The molecule has 70 valence electrons. The second-order valence-electron chi connectivity index (χ2n) is 2.63. The lowest BCUT2D eigenvalue weighted by Crippen LogP contribution is -2.13. The average molecular weight is 244 g/mol. The van der Waals surface area contributed by atoms with E-state index >= 15 is 0 Å². The van der Waals surface area contributed by atoms with E-state index in [9.17, 15) is 4.39 Å². The molecule has 0 heterocycles. The molecule has 0 radical (unpaired) electrons. The lowest BCUT2D eigenvalue weighted by Gasteiger charge is -2.05. The Labute approximate surface area is 85.8 Å². The first-order valence-electron chi connectivity index (χ1n) is 4.00. The third-order valence-electron chi connectivity index (χ3n) is 1.64. The van der Waals surface area contributed by atoms with Crippen LogP contribution in [0.1, 0.15) is 5.56 Å². The van der Waals surface area contributed by atoms with Gasteiger partial charge in [-0.2, -0.15) is 0 Å². The molecule has 1 rings (SSSR count). The smallest absolute Gasteiger partial charge is 0.137 e. The summed E-state index contributed by atoms with van der Waals surface area (Å²) in [7, 11) is 0. The topological polar surface area (TPSA) is 12.0 Å². The average Bonchev–Trinajstić information content (AvgIpc) is 2.13. The zero-order chi connectivity index (χ0) is 9.68. The molecule has 1 aromatic carbocycles. The summed E-state index contributed by atoms with van der Waals surface area (Å²) in [6, 6.07) is 5.01. The largest absolute Gasteiger partial charge is 0.309 e. The Morgan fingerprint density at radius 3 is 3.00 bits per heavy atom. The summed E-state index contributed by atoms with van der Waals surface area (Å²) in [5.74, 6) is -0.224. The summed E-state index contributed by atoms with van der Waals surface area (Å²) in [6.45, 7) is 4.95. The minimum atomic E-state index is -0.224. The van der Waals surface area contributed by atoms with Crippen molar-refractivity contribution in [2.45, 2.75) is 6.54 Å². The molecule has 0 saturated carbocycles. The molecule has 1 nitrogen and oxygen atoms in total. The lowest BCUT2D eigenvalue weighted by atomic mass is 10.2. The van der Waals surface area contributed by atoms with Gasteiger partial charge < -0.3 is 5.32 Å². The van der Waals surface area contributed by atoms with Crippen LogP contribution in [-0.4, -0.2) is 6.54 Å². The molecule has 0 aliphatic heterocycles. The van der Waals surface area contributed by atoms with Crippen LogP contribution in [0.2, 0.25) is 0 Å². The number of rotatable bonds is 4. The van der Waals surface area contributed by atoms with Crippen LogP contribution in [0.15, 0.2) is 35.3 Å². The van der Waals surface area contributed by atoms with E-state index in [1.54, 1.807) is 12.1 Å². The molecular weight excluding hydrogens is 233 g/mol. The van der Waals surface area contributed by atoms with Gasteiger partial charge in [-0.25, -0.2) is 4.39 Å². The van der Waals surface area contributed by atoms with Gasteiger partial charge in [-0.1, -0.05) is 18.2 Å². The first-order chi connectivity index (χ1) is 6.25. The maximum Gasteiger partial charge on any atom is 0.137 e. The molecule has 0 bridgehead atoms. The van der Waals surface area contributed by atoms with Gasteiger partial charge in [0, 0.05) is 13.1 Å². The van der Waals surface area contributed by atoms with Gasteiger partial charge in [0.15, 0.2) is 0 Å². The first kappa shape index (κ1) is 10.4. The molecule has 0 aliphatic rings. The normalized spacial score (nSPS) is 10.0. The van der Waals surface area contributed by atoms with Crippen molar-refractivity contribution in [2.24, 2.45) is 0 Å². The van der Waals surface area contributed by atoms with E-state index in [0.717, 1.165) is 12.1 Å². The van der Waals surface area contributed by atoms with Crippen LogP contribution < -0.4 is 5.32 Å². The maximum absolute atomic E-state index is 13.0. The predicted octanol–water partition coefficient (Wildman–Crippen LogP) is 2.86. The molecule has 1 aromatic rings. The number of benzene rings is 1. The molecule has 1 N–H and O–H groups in total. The Morgan fingerprint density at radius 1 is 1.54 bits per heavy atom. The quantitative estimate of drug-likeness (QED) is 0.634. The number of hydrogen-bond acceptors (Lipinski definition) is 1. The van der Waals surface area contributed by atoms with Crippen molar-refractivity contribution in [2.75, 3.05) is 6.54 Å². The van der Waals surface area contributed by atoms with Gasteiger partial charge in [-0.3, -0.25) is 0 Å². The molecule has 0 saturated heterocycles. The van der Waals surface area contributed by atoms with Crippen molar-refractivity contribution in [3.8, 4) is 0 Å². The zero-order valence-corrected chi connectivity index (χ0v) is 8.77. The van der Waals surface area contributed by atoms with Gasteiger partial charge in [0.1, 0.15) is 5.82 Å². The van der Waals surface area contributed by atoms with Crippen LogP contribution in [0, 0.1) is 5.82 Å². The highest BCUT2D eigenvalue weighted by Crippen LogP contribution is 2.19. The molecule has 0 fully saturated rings. The third-order valence-corrected chi connectivity index (χ3v) is 2.52. The molecule has 0 amide bonds. The van der Waals surface area contributed by atoms with Crippen molar-refractivity contribution in [3.63, 3.8) is 0 Å². The van der Waals surface area contributed by atoms with Crippen LogP contribution in [0.5, 0.6) is 0 Å². The van der Waals surface area contributed by atoms with Crippen LogP contribution in [0.4, 0.5) is 4.39 Å². The highest BCUT2D eigenvalue weighted by atomic mass is 79.9. The van der Waals surface area contributed by atoms with Crippen LogP contribution in [0.25, 0.3) is 0 Å². The standard InChI is InChI=1S/C10H11BrFN/c1-2-6-13-7-8-4-3-5-9(12)10(8)11/h2-5,13H,1,6-7H2. The Balaban J connectivity index is 2.65. The Hall–Kier alpha value is -0.670. The second-order valence-corrected chi connectivity index (χ2v) is 3.43. The van der Waals surface area contributed by atoms with E-state index in [1.165, 1.54) is 6.07 Å². The molecular formula is C10H11BrFN. The van der Waals surface area contributed by atoms with Crippen LogP contribution in [-0.2, 0) is 6.54 Å². The fourth-order valence-corrected chi connectivity index (χ4v) is 1.40. The Bertz CT molecular complexity index is 299. The van der Waals surface area contributed by atoms with E-state index in [0.29, 0.717) is 11.0 Å². The third kappa shape index (κ3) is 2.94. The molecule has 13 heavy (non-hydrogen) atoms. The molecule has 0 unspecified atom stereocenters. The highest BCUT2D eigenvalue weighted by Gasteiger charge is 2.03. The van der Waals surface area contributed by atoms with Gasteiger partial charge in [0.2, 0.25) is 0 Å². The zero-order valence-electron chi connectivity index (χ0n) is 7.19. The fourth-order valence-electron chi connectivity index (χ4n) is 0.994. The monoisotopic (exact) mass is 243 g/mol. The van der Waals surface area contributed by atoms with Crippen molar-refractivity contribution in [1.29, 1.82) is 0 Å². The van der Waals surface area contributed by atoms with Crippen molar-refractivity contribution >= 4 is 15.9 Å². The van der Waals surface area contributed by atoms with Crippen molar-refractivity contribution < 1.29 is 4.39 Å². The second kappa shape index (κ2) is 5.14. The van der Waals surface area contributed by atoms with E-state index < -0.39 is 0 Å². The predicted molar refractivity (Wildman–Crippen MR) is 56.0 cm³/mol. The number of halogens is 2. The van der Waals surface area contributed by atoms with Gasteiger partial charge >= 0.3 is 0 Å². The molecule has 0 spiro atoms. The van der Waals surface area contributed by atoms with Gasteiger partial charge in [0.05, 0.1) is 4.47 Å². The first-order valence-corrected chi connectivity index (χ1v) is 4.79. The van der Waals surface area contributed by atoms with Crippen molar-refractivity contribution in [3.05, 3.63) is 46.7 Å².